The normalized spacial score (nSPS) is 9.94. The van der Waals surface area contributed by atoms with Gasteiger partial charge in [-0.3, -0.25) is 4.79 Å². The number of nitrogens with zero attached hydrogens (tertiary/aromatic N) is 3. The molecule has 0 aliphatic carbocycles. The molecular formula is C12H15N3O. The van der Waals surface area contributed by atoms with Crippen LogP contribution in [0.3, 0.4) is 0 Å². The maximum absolute atomic E-state index is 11.9. The molecule has 0 saturated heterocycles. The Bertz CT molecular complexity index is 403. The molecule has 0 unspecified atom stereocenters. The largest absolute Gasteiger partial charge is 0.341 e. The lowest BCUT2D eigenvalue weighted by Crippen LogP contribution is -2.30. The van der Waals surface area contributed by atoms with Gasteiger partial charge in [0.2, 0.25) is 0 Å². The van der Waals surface area contributed by atoms with E-state index in [0.717, 1.165) is 0 Å². The third kappa shape index (κ3) is 3.06. The Kier molecular flexibility index (Phi) is 4.01. The van der Waals surface area contributed by atoms with Crippen LogP contribution in [0.25, 0.3) is 0 Å². The second-order valence-corrected chi connectivity index (χ2v) is 4.12. The maximum atomic E-state index is 11.9. The van der Waals surface area contributed by atoms with Crippen LogP contribution in [-0.4, -0.2) is 29.4 Å². The molecule has 4 nitrogen and oxygen atoms in total. The Hall–Kier alpha value is -1.89. The third-order valence-electron chi connectivity index (χ3n) is 2.11. The summed E-state index contributed by atoms with van der Waals surface area (Å²) in [5.41, 5.74) is 0.838. The highest BCUT2D eigenvalue weighted by Crippen LogP contribution is 2.05. The van der Waals surface area contributed by atoms with Gasteiger partial charge in [-0.15, -0.1) is 0 Å². The van der Waals surface area contributed by atoms with Crippen LogP contribution in [0.5, 0.6) is 0 Å². The van der Waals surface area contributed by atoms with E-state index < -0.39 is 0 Å². The van der Waals surface area contributed by atoms with Gasteiger partial charge in [-0.25, -0.2) is 4.98 Å². The van der Waals surface area contributed by atoms with Gasteiger partial charge in [0.25, 0.3) is 5.91 Å². The van der Waals surface area contributed by atoms with Gasteiger partial charge in [-0.05, 0) is 18.1 Å². The number of amides is 1. The molecule has 0 aliphatic heterocycles. The van der Waals surface area contributed by atoms with Crippen LogP contribution in [0.1, 0.15) is 29.9 Å². The summed E-state index contributed by atoms with van der Waals surface area (Å²) in [6.07, 6.45) is 1.44. The number of rotatable bonds is 3. The van der Waals surface area contributed by atoms with Gasteiger partial charge in [-0.1, -0.05) is 13.8 Å². The Balaban J connectivity index is 2.77. The lowest BCUT2D eigenvalue weighted by atomic mass is 10.2. The average Bonchev–Trinajstić information content (AvgIpc) is 2.27. The molecule has 0 radical (unpaired) electrons. The summed E-state index contributed by atoms with van der Waals surface area (Å²) in [7, 11) is 1.76. The molecule has 0 N–H and O–H groups in total. The van der Waals surface area contributed by atoms with Crippen molar-refractivity contribution >= 4 is 5.91 Å². The van der Waals surface area contributed by atoms with Crippen molar-refractivity contribution in [1.29, 1.82) is 5.26 Å². The van der Waals surface area contributed by atoms with Crippen molar-refractivity contribution in [3.63, 3.8) is 0 Å². The molecule has 1 rings (SSSR count). The molecule has 0 spiro atoms. The Labute approximate surface area is 95.5 Å². The van der Waals surface area contributed by atoms with Crippen molar-refractivity contribution in [2.24, 2.45) is 5.92 Å². The summed E-state index contributed by atoms with van der Waals surface area (Å²) in [5, 5.41) is 8.59. The van der Waals surface area contributed by atoms with Crippen LogP contribution in [0.4, 0.5) is 0 Å². The molecule has 0 aliphatic rings. The minimum atomic E-state index is -0.0642. The van der Waals surface area contributed by atoms with Crippen LogP contribution < -0.4 is 0 Å². The number of carbonyl (C=O) groups excluding carboxylic acids is 1. The molecule has 0 aromatic carbocycles. The van der Waals surface area contributed by atoms with E-state index in [0.29, 0.717) is 23.7 Å². The smallest absolute Gasteiger partial charge is 0.255 e. The van der Waals surface area contributed by atoms with E-state index in [4.69, 9.17) is 5.26 Å². The first-order chi connectivity index (χ1) is 7.54. The summed E-state index contributed by atoms with van der Waals surface area (Å²) in [5.74, 6) is 0.367. The fourth-order valence-electron chi connectivity index (χ4n) is 1.44. The first-order valence-electron chi connectivity index (χ1n) is 5.16. The predicted molar refractivity (Wildman–Crippen MR) is 60.8 cm³/mol. The summed E-state index contributed by atoms with van der Waals surface area (Å²) >= 11 is 0. The molecule has 0 fully saturated rings. The van der Waals surface area contributed by atoms with E-state index in [9.17, 15) is 4.79 Å². The van der Waals surface area contributed by atoms with Crippen LogP contribution in [0.15, 0.2) is 18.3 Å². The number of pyridine rings is 1. The fourth-order valence-corrected chi connectivity index (χ4v) is 1.44. The van der Waals surface area contributed by atoms with Crippen molar-refractivity contribution < 1.29 is 4.79 Å². The van der Waals surface area contributed by atoms with Gasteiger partial charge in [-0.2, -0.15) is 5.26 Å². The van der Waals surface area contributed by atoms with Gasteiger partial charge < -0.3 is 4.90 Å². The fraction of sp³-hybridized carbons (Fsp3) is 0.417. The molecule has 0 saturated carbocycles. The second kappa shape index (κ2) is 5.26. The number of hydrogen-bond acceptors (Lipinski definition) is 3. The lowest BCUT2D eigenvalue weighted by molar-refractivity contribution is 0.0778. The predicted octanol–water partition coefficient (Wildman–Crippen LogP) is 1.68. The molecule has 16 heavy (non-hydrogen) atoms. The molecule has 84 valence electrons. The zero-order valence-corrected chi connectivity index (χ0v) is 9.77. The summed E-state index contributed by atoms with van der Waals surface area (Å²) in [4.78, 5) is 17.4. The van der Waals surface area contributed by atoms with Crippen LogP contribution >= 0.6 is 0 Å². The van der Waals surface area contributed by atoms with Gasteiger partial charge in [0.15, 0.2) is 0 Å². The number of aromatic nitrogens is 1. The van der Waals surface area contributed by atoms with Crippen molar-refractivity contribution in [3.8, 4) is 6.07 Å². The van der Waals surface area contributed by atoms with Gasteiger partial charge in [0, 0.05) is 19.8 Å². The minimum Gasteiger partial charge on any atom is -0.341 e. The van der Waals surface area contributed by atoms with E-state index in [1.807, 2.05) is 6.07 Å². The number of hydrogen-bond donors (Lipinski definition) is 0. The zero-order valence-electron chi connectivity index (χ0n) is 9.77. The SMILES string of the molecule is CC(C)CN(C)C(=O)c1ccc(C#N)nc1. The molecular weight excluding hydrogens is 202 g/mol. The Morgan fingerprint density at radius 2 is 2.25 bits per heavy atom. The number of nitriles is 1. The minimum absolute atomic E-state index is 0.0642. The molecule has 1 amide bonds. The quantitative estimate of drug-likeness (QED) is 0.774. The van der Waals surface area contributed by atoms with Crippen LogP contribution in [-0.2, 0) is 0 Å². The van der Waals surface area contributed by atoms with E-state index >= 15 is 0 Å². The van der Waals surface area contributed by atoms with Gasteiger partial charge >= 0.3 is 0 Å². The van der Waals surface area contributed by atoms with Gasteiger partial charge in [0.05, 0.1) is 5.56 Å². The third-order valence-corrected chi connectivity index (χ3v) is 2.11. The monoisotopic (exact) mass is 217 g/mol. The average molecular weight is 217 g/mol. The highest BCUT2D eigenvalue weighted by atomic mass is 16.2. The Morgan fingerprint density at radius 1 is 1.56 bits per heavy atom. The lowest BCUT2D eigenvalue weighted by Gasteiger charge is -2.19. The summed E-state index contributed by atoms with van der Waals surface area (Å²) in [6.45, 7) is 4.82. The van der Waals surface area contributed by atoms with E-state index in [1.54, 1.807) is 24.1 Å². The standard InChI is InChI=1S/C12H15N3O/c1-9(2)8-15(3)12(16)10-4-5-11(6-13)14-7-10/h4-5,7,9H,8H2,1-3H3. The molecule has 0 atom stereocenters. The summed E-state index contributed by atoms with van der Waals surface area (Å²) < 4.78 is 0. The Morgan fingerprint density at radius 3 is 2.69 bits per heavy atom. The van der Waals surface area contributed by atoms with Crippen molar-refractivity contribution in [2.75, 3.05) is 13.6 Å². The zero-order chi connectivity index (χ0) is 12.1. The molecule has 4 heteroatoms. The van der Waals surface area contributed by atoms with Crippen molar-refractivity contribution in [2.45, 2.75) is 13.8 Å². The summed E-state index contributed by atoms with van der Waals surface area (Å²) in [6, 6.07) is 5.10. The van der Waals surface area contributed by atoms with Crippen LogP contribution in [0, 0.1) is 17.2 Å². The topological polar surface area (TPSA) is 57.0 Å². The first kappa shape index (κ1) is 12.2. The van der Waals surface area contributed by atoms with Gasteiger partial charge in [0.1, 0.15) is 11.8 Å². The molecule has 1 aromatic rings. The highest BCUT2D eigenvalue weighted by Gasteiger charge is 2.12. The molecule has 0 bridgehead atoms. The highest BCUT2D eigenvalue weighted by molar-refractivity contribution is 5.93. The van der Waals surface area contributed by atoms with Crippen molar-refractivity contribution in [3.05, 3.63) is 29.6 Å². The molecule has 1 aromatic heterocycles. The second-order valence-electron chi connectivity index (χ2n) is 4.12. The maximum Gasteiger partial charge on any atom is 0.255 e. The number of carbonyl (C=O) groups is 1. The van der Waals surface area contributed by atoms with Crippen LogP contribution in [0.2, 0.25) is 0 Å². The molecule has 1 heterocycles. The van der Waals surface area contributed by atoms with Crippen molar-refractivity contribution in [1.82, 2.24) is 9.88 Å². The van der Waals surface area contributed by atoms with E-state index in [1.165, 1.54) is 6.20 Å². The van der Waals surface area contributed by atoms with E-state index in [2.05, 4.69) is 18.8 Å². The van der Waals surface area contributed by atoms with E-state index in [-0.39, 0.29) is 5.91 Å². The first-order valence-corrected chi connectivity index (χ1v) is 5.16.